The molecule has 5 rings (SSSR count). The van der Waals surface area contributed by atoms with Crippen LogP contribution in [0.15, 0.2) is 66.7 Å². The number of pyridine rings is 1. The monoisotopic (exact) mass is 547 g/mol. The normalized spacial score (nSPS) is 15.8. The van der Waals surface area contributed by atoms with Gasteiger partial charge < -0.3 is 10.1 Å². The molecule has 0 aliphatic carbocycles. The fraction of sp³-hybridized carbons (Fsp3) is 0.364. The third kappa shape index (κ3) is 6.41. The molecule has 0 saturated carbocycles. The van der Waals surface area contributed by atoms with Gasteiger partial charge in [0.2, 0.25) is 0 Å². The maximum atomic E-state index is 13.8. The second-order valence-corrected chi connectivity index (χ2v) is 11.3. The third-order valence-electron chi connectivity index (χ3n) is 7.91. The highest BCUT2D eigenvalue weighted by atomic mass is 19.4. The minimum absolute atomic E-state index is 0.130. The highest BCUT2D eigenvalue weighted by Crippen LogP contribution is 2.37. The van der Waals surface area contributed by atoms with E-state index in [1.807, 2.05) is 37.3 Å². The van der Waals surface area contributed by atoms with Crippen LogP contribution in [0.5, 0.6) is 5.75 Å². The molecule has 0 bridgehead atoms. The lowest BCUT2D eigenvalue weighted by molar-refractivity contribution is -0.137. The molecule has 7 heteroatoms. The van der Waals surface area contributed by atoms with E-state index in [4.69, 9.17) is 4.74 Å². The number of para-hydroxylation sites is 1. The van der Waals surface area contributed by atoms with Crippen molar-refractivity contribution < 1.29 is 17.9 Å². The van der Waals surface area contributed by atoms with Crippen LogP contribution in [-0.4, -0.2) is 36.1 Å². The summed E-state index contributed by atoms with van der Waals surface area (Å²) in [6.45, 7) is 11.3. The predicted molar refractivity (Wildman–Crippen MR) is 156 cm³/mol. The number of hydrogen-bond donors (Lipinski definition) is 1. The van der Waals surface area contributed by atoms with Crippen LogP contribution in [-0.2, 0) is 11.6 Å². The van der Waals surface area contributed by atoms with Crippen molar-refractivity contribution >= 4 is 22.3 Å². The van der Waals surface area contributed by atoms with Gasteiger partial charge >= 0.3 is 6.18 Å². The number of halogens is 3. The summed E-state index contributed by atoms with van der Waals surface area (Å²) in [7, 11) is 0. The molecule has 4 aromatic rings. The lowest BCUT2D eigenvalue weighted by atomic mass is 9.74. The van der Waals surface area contributed by atoms with Crippen molar-refractivity contribution in [1.29, 1.82) is 0 Å². The zero-order valence-electron chi connectivity index (χ0n) is 23.5. The lowest BCUT2D eigenvalue weighted by Crippen LogP contribution is -2.42. The van der Waals surface area contributed by atoms with Gasteiger partial charge in [-0.05, 0) is 81.9 Å². The molecule has 0 unspecified atom stereocenters. The first kappa shape index (κ1) is 28.0. The van der Waals surface area contributed by atoms with E-state index in [0.717, 1.165) is 54.7 Å². The number of likely N-dealkylation sites (tertiary alicyclic amines) is 1. The van der Waals surface area contributed by atoms with Crippen molar-refractivity contribution in [2.45, 2.75) is 52.1 Å². The molecule has 1 saturated heterocycles. The van der Waals surface area contributed by atoms with E-state index in [1.165, 1.54) is 16.7 Å². The van der Waals surface area contributed by atoms with E-state index in [0.29, 0.717) is 24.5 Å². The van der Waals surface area contributed by atoms with Gasteiger partial charge in [0, 0.05) is 35.1 Å². The standard InChI is InChI=1S/C33H36F3N3O/c1-22-15-23(2)17-25(16-22)32(4)9-11-39(12-10-32)13-14-40-28-20-26(33(34,35)36)19-27(21-28)38-31-18-24(3)37-30-8-6-5-7-29(30)31/h5-8,15-21H,9-14H2,1-4H3,(H,37,38). The number of benzene rings is 3. The van der Waals surface area contributed by atoms with Gasteiger partial charge in [-0.1, -0.05) is 54.4 Å². The first-order valence-corrected chi connectivity index (χ1v) is 13.8. The number of alkyl halides is 3. The molecule has 2 heterocycles. The van der Waals surface area contributed by atoms with Crippen LogP contribution in [0.1, 0.15) is 47.7 Å². The number of piperidine rings is 1. The van der Waals surface area contributed by atoms with E-state index in [1.54, 1.807) is 6.07 Å². The van der Waals surface area contributed by atoms with Crippen LogP contribution in [0.2, 0.25) is 0 Å². The van der Waals surface area contributed by atoms with Gasteiger partial charge in [-0.3, -0.25) is 9.88 Å². The Balaban J connectivity index is 1.26. The molecule has 40 heavy (non-hydrogen) atoms. The van der Waals surface area contributed by atoms with Crippen molar-refractivity contribution in [3.63, 3.8) is 0 Å². The van der Waals surface area contributed by atoms with E-state index in [9.17, 15) is 13.2 Å². The molecule has 4 nitrogen and oxygen atoms in total. The van der Waals surface area contributed by atoms with E-state index in [2.05, 4.69) is 54.2 Å². The lowest BCUT2D eigenvalue weighted by Gasteiger charge is -2.40. The molecule has 3 aromatic carbocycles. The fourth-order valence-electron chi connectivity index (χ4n) is 5.66. The van der Waals surface area contributed by atoms with Crippen LogP contribution in [0, 0.1) is 20.8 Å². The van der Waals surface area contributed by atoms with Gasteiger partial charge in [0.25, 0.3) is 0 Å². The highest BCUT2D eigenvalue weighted by Gasteiger charge is 2.33. The number of ether oxygens (including phenoxy) is 1. The van der Waals surface area contributed by atoms with E-state index >= 15 is 0 Å². The second-order valence-electron chi connectivity index (χ2n) is 11.3. The molecule has 0 amide bonds. The summed E-state index contributed by atoms with van der Waals surface area (Å²) in [5.41, 5.74) is 5.93. The number of nitrogens with zero attached hydrogens (tertiary/aromatic N) is 2. The Kier molecular flexibility index (Phi) is 7.78. The number of nitrogens with one attached hydrogen (secondary N) is 1. The Hall–Kier alpha value is -3.58. The molecule has 1 aliphatic heterocycles. The van der Waals surface area contributed by atoms with Crippen LogP contribution < -0.4 is 10.1 Å². The maximum absolute atomic E-state index is 13.8. The minimum atomic E-state index is -4.49. The van der Waals surface area contributed by atoms with Crippen LogP contribution >= 0.6 is 0 Å². The Morgan fingerprint density at radius 3 is 2.33 bits per heavy atom. The van der Waals surface area contributed by atoms with Crippen LogP contribution in [0.25, 0.3) is 10.9 Å². The Morgan fingerprint density at radius 1 is 0.925 bits per heavy atom. The molecular weight excluding hydrogens is 511 g/mol. The second kappa shape index (κ2) is 11.1. The number of fused-ring (bicyclic) bond motifs is 1. The Morgan fingerprint density at radius 2 is 1.62 bits per heavy atom. The smallest absolute Gasteiger partial charge is 0.416 e. The summed E-state index contributed by atoms with van der Waals surface area (Å²) >= 11 is 0. The average Bonchev–Trinajstić information content (AvgIpc) is 2.89. The van der Waals surface area contributed by atoms with E-state index in [-0.39, 0.29) is 11.2 Å². The van der Waals surface area contributed by atoms with Gasteiger partial charge in [-0.2, -0.15) is 13.2 Å². The average molecular weight is 548 g/mol. The van der Waals surface area contributed by atoms with E-state index < -0.39 is 11.7 Å². The van der Waals surface area contributed by atoms with Crippen molar-refractivity contribution in [1.82, 2.24) is 9.88 Å². The number of aryl methyl sites for hydroxylation is 3. The number of anilines is 2. The predicted octanol–water partition coefficient (Wildman–Crippen LogP) is 8.35. The molecule has 1 aromatic heterocycles. The molecular formula is C33H36F3N3O. The first-order valence-electron chi connectivity index (χ1n) is 13.8. The van der Waals surface area contributed by atoms with Gasteiger partial charge in [0.05, 0.1) is 11.1 Å². The molecule has 1 aliphatic rings. The quantitative estimate of drug-likeness (QED) is 0.252. The zero-order chi connectivity index (χ0) is 28.5. The van der Waals surface area contributed by atoms with Crippen LogP contribution in [0.4, 0.5) is 24.5 Å². The summed E-state index contributed by atoms with van der Waals surface area (Å²) in [5, 5.41) is 4.02. The maximum Gasteiger partial charge on any atom is 0.416 e. The topological polar surface area (TPSA) is 37.4 Å². The minimum Gasteiger partial charge on any atom is -0.492 e. The zero-order valence-corrected chi connectivity index (χ0v) is 23.5. The number of hydrogen-bond acceptors (Lipinski definition) is 4. The molecule has 0 radical (unpaired) electrons. The van der Waals surface area contributed by atoms with Gasteiger partial charge in [-0.15, -0.1) is 0 Å². The number of aromatic nitrogens is 1. The van der Waals surface area contributed by atoms with Crippen molar-refractivity contribution in [3.05, 3.63) is 94.7 Å². The third-order valence-corrected chi connectivity index (χ3v) is 7.91. The van der Waals surface area contributed by atoms with Crippen molar-refractivity contribution in [3.8, 4) is 5.75 Å². The summed E-state index contributed by atoms with van der Waals surface area (Å²) in [6, 6.07) is 20.0. The largest absolute Gasteiger partial charge is 0.492 e. The molecule has 210 valence electrons. The SMILES string of the molecule is Cc1cc(C)cc(C2(C)CCN(CCOc3cc(Nc4cc(C)nc5ccccc45)cc(C(F)(F)F)c3)CC2)c1. The molecule has 0 spiro atoms. The number of rotatable bonds is 7. The first-order chi connectivity index (χ1) is 19.0. The van der Waals surface area contributed by atoms with Gasteiger partial charge in [0.1, 0.15) is 12.4 Å². The highest BCUT2D eigenvalue weighted by molar-refractivity contribution is 5.93. The molecule has 0 atom stereocenters. The fourth-order valence-corrected chi connectivity index (χ4v) is 5.66. The molecule has 1 N–H and O–H groups in total. The summed E-state index contributed by atoms with van der Waals surface area (Å²) in [6.07, 6.45) is -2.42. The summed E-state index contributed by atoms with van der Waals surface area (Å²) < 4.78 is 47.2. The Bertz CT molecular complexity index is 1490. The summed E-state index contributed by atoms with van der Waals surface area (Å²) in [5.74, 6) is 0.199. The van der Waals surface area contributed by atoms with Gasteiger partial charge in [-0.25, -0.2) is 0 Å². The van der Waals surface area contributed by atoms with Crippen LogP contribution in [0.3, 0.4) is 0 Å². The Labute approximate surface area is 234 Å². The van der Waals surface area contributed by atoms with Crippen molar-refractivity contribution in [2.75, 3.05) is 31.6 Å². The van der Waals surface area contributed by atoms with Gasteiger partial charge in [0.15, 0.2) is 0 Å². The van der Waals surface area contributed by atoms with Crippen molar-refractivity contribution in [2.24, 2.45) is 0 Å². The molecule has 1 fully saturated rings. The summed E-state index contributed by atoms with van der Waals surface area (Å²) in [4.78, 5) is 6.86.